The second-order valence-electron chi connectivity index (χ2n) is 5.89. The second-order valence-corrected chi connectivity index (χ2v) is 5.89. The summed E-state index contributed by atoms with van der Waals surface area (Å²) in [7, 11) is 1.90. The summed E-state index contributed by atoms with van der Waals surface area (Å²) in [6.45, 7) is 11.1. The van der Waals surface area contributed by atoms with Gasteiger partial charge in [-0.3, -0.25) is 0 Å². The van der Waals surface area contributed by atoms with Crippen LogP contribution in [0.4, 0.5) is 11.6 Å². The Bertz CT molecular complexity index is 445. The number of anilines is 2. The van der Waals surface area contributed by atoms with Gasteiger partial charge in [-0.1, -0.05) is 13.8 Å². The van der Waals surface area contributed by atoms with Gasteiger partial charge in [0.05, 0.1) is 12.2 Å². The summed E-state index contributed by atoms with van der Waals surface area (Å²) < 4.78 is 5.77. The quantitative estimate of drug-likeness (QED) is 0.907. The Kier molecular flexibility index (Phi) is 3.94. The first-order chi connectivity index (χ1) is 8.94. The molecular formula is C14H24N4O. The van der Waals surface area contributed by atoms with E-state index in [-0.39, 0.29) is 5.60 Å². The van der Waals surface area contributed by atoms with E-state index in [4.69, 9.17) is 4.74 Å². The lowest BCUT2D eigenvalue weighted by molar-refractivity contribution is -0.0279. The number of rotatable bonds is 3. The van der Waals surface area contributed by atoms with Crippen molar-refractivity contribution in [1.29, 1.82) is 0 Å². The van der Waals surface area contributed by atoms with E-state index in [1.807, 2.05) is 7.05 Å². The average molecular weight is 264 g/mol. The Morgan fingerprint density at radius 2 is 2.11 bits per heavy atom. The smallest absolute Gasteiger partial charge is 0.137 e. The molecule has 1 N–H and O–H groups in total. The van der Waals surface area contributed by atoms with Gasteiger partial charge in [0.15, 0.2) is 0 Å². The van der Waals surface area contributed by atoms with E-state index in [2.05, 4.69) is 47.9 Å². The van der Waals surface area contributed by atoms with Crippen molar-refractivity contribution in [1.82, 2.24) is 9.97 Å². The average Bonchev–Trinajstić information content (AvgIpc) is 2.36. The minimum atomic E-state index is -0.128. The summed E-state index contributed by atoms with van der Waals surface area (Å²) >= 11 is 0. The number of morpholine rings is 1. The van der Waals surface area contributed by atoms with Crippen LogP contribution in [0, 0.1) is 0 Å². The lowest BCUT2D eigenvalue weighted by Gasteiger charge is -2.39. The second kappa shape index (κ2) is 5.33. The highest BCUT2D eigenvalue weighted by Gasteiger charge is 2.30. The molecule has 1 aromatic heterocycles. The molecule has 0 aliphatic carbocycles. The van der Waals surface area contributed by atoms with E-state index < -0.39 is 0 Å². The maximum atomic E-state index is 5.77. The molecule has 0 aromatic carbocycles. The summed E-state index contributed by atoms with van der Waals surface area (Å²) in [6.07, 6.45) is 1.63. The van der Waals surface area contributed by atoms with Gasteiger partial charge in [-0.2, -0.15) is 0 Å². The molecule has 106 valence electrons. The largest absolute Gasteiger partial charge is 0.373 e. The van der Waals surface area contributed by atoms with Gasteiger partial charge in [-0.25, -0.2) is 9.97 Å². The fourth-order valence-electron chi connectivity index (χ4n) is 2.57. The number of nitrogens with zero attached hydrogens (tertiary/aromatic N) is 3. The predicted octanol–water partition coefficient (Wildman–Crippen LogP) is 2.26. The highest BCUT2D eigenvalue weighted by atomic mass is 16.5. The molecule has 0 saturated carbocycles. The highest BCUT2D eigenvalue weighted by molar-refractivity contribution is 5.60. The molecule has 0 spiro atoms. The summed E-state index contributed by atoms with van der Waals surface area (Å²) in [5.41, 5.74) is 1.06. The van der Waals surface area contributed by atoms with Gasteiger partial charge < -0.3 is 15.0 Å². The lowest BCUT2D eigenvalue weighted by Crippen LogP contribution is -2.49. The summed E-state index contributed by atoms with van der Waals surface area (Å²) in [4.78, 5) is 11.2. The SMILES string of the molecule is CNc1ncnc(N2CCOC(C)(C)C2)c1C(C)C. The van der Waals surface area contributed by atoms with E-state index in [1.165, 1.54) is 5.56 Å². The van der Waals surface area contributed by atoms with Crippen LogP contribution in [0.3, 0.4) is 0 Å². The summed E-state index contributed by atoms with van der Waals surface area (Å²) in [6, 6.07) is 0. The Labute approximate surface area is 115 Å². The van der Waals surface area contributed by atoms with Gasteiger partial charge in [-0.15, -0.1) is 0 Å². The Morgan fingerprint density at radius 1 is 1.37 bits per heavy atom. The van der Waals surface area contributed by atoms with Crippen LogP contribution in [0.15, 0.2) is 6.33 Å². The molecule has 0 atom stereocenters. The molecule has 0 radical (unpaired) electrons. The fraction of sp³-hybridized carbons (Fsp3) is 0.714. The van der Waals surface area contributed by atoms with Crippen molar-refractivity contribution in [3.63, 3.8) is 0 Å². The molecule has 1 aromatic rings. The summed E-state index contributed by atoms with van der Waals surface area (Å²) in [5.74, 6) is 2.33. The summed E-state index contributed by atoms with van der Waals surface area (Å²) in [5, 5.41) is 3.17. The van der Waals surface area contributed by atoms with E-state index in [0.717, 1.165) is 31.3 Å². The first kappa shape index (κ1) is 14.1. The van der Waals surface area contributed by atoms with Crippen LogP contribution in [0.2, 0.25) is 0 Å². The normalized spacial score (nSPS) is 18.7. The minimum absolute atomic E-state index is 0.128. The van der Waals surface area contributed by atoms with Crippen LogP contribution in [0.25, 0.3) is 0 Å². The van der Waals surface area contributed by atoms with E-state index in [1.54, 1.807) is 6.33 Å². The molecule has 2 heterocycles. The monoisotopic (exact) mass is 264 g/mol. The van der Waals surface area contributed by atoms with Crippen molar-refractivity contribution in [2.24, 2.45) is 0 Å². The zero-order chi connectivity index (χ0) is 14.0. The molecule has 0 unspecified atom stereocenters. The molecule has 1 aliphatic heterocycles. The predicted molar refractivity (Wildman–Crippen MR) is 77.9 cm³/mol. The molecule has 0 amide bonds. The molecule has 2 rings (SSSR count). The van der Waals surface area contributed by atoms with Crippen LogP contribution >= 0.6 is 0 Å². The van der Waals surface area contributed by atoms with Crippen molar-refractivity contribution in [3.05, 3.63) is 11.9 Å². The topological polar surface area (TPSA) is 50.3 Å². The van der Waals surface area contributed by atoms with Gasteiger partial charge >= 0.3 is 0 Å². The van der Waals surface area contributed by atoms with Gasteiger partial charge in [0.2, 0.25) is 0 Å². The third-order valence-electron chi connectivity index (χ3n) is 3.40. The fourth-order valence-corrected chi connectivity index (χ4v) is 2.57. The van der Waals surface area contributed by atoms with E-state index in [0.29, 0.717) is 5.92 Å². The highest BCUT2D eigenvalue weighted by Crippen LogP contribution is 2.32. The number of aromatic nitrogens is 2. The third kappa shape index (κ3) is 2.97. The Balaban J connectivity index is 2.38. The molecular weight excluding hydrogens is 240 g/mol. The van der Waals surface area contributed by atoms with Crippen LogP contribution in [-0.4, -0.2) is 42.3 Å². The number of hydrogen-bond donors (Lipinski definition) is 1. The van der Waals surface area contributed by atoms with Crippen LogP contribution < -0.4 is 10.2 Å². The van der Waals surface area contributed by atoms with E-state index in [9.17, 15) is 0 Å². The third-order valence-corrected chi connectivity index (χ3v) is 3.40. The van der Waals surface area contributed by atoms with Crippen LogP contribution in [0.1, 0.15) is 39.2 Å². The van der Waals surface area contributed by atoms with Gasteiger partial charge in [0.25, 0.3) is 0 Å². The molecule has 1 aliphatic rings. The van der Waals surface area contributed by atoms with Gasteiger partial charge in [0, 0.05) is 25.7 Å². The van der Waals surface area contributed by atoms with Crippen molar-refractivity contribution < 1.29 is 4.74 Å². The van der Waals surface area contributed by atoms with E-state index >= 15 is 0 Å². The number of hydrogen-bond acceptors (Lipinski definition) is 5. The van der Waals surface area contributed by atoms with Gasteiger partial charge in [-0.05, 0) is 19.8 Å². The van der Waals surface area contributed by atoms with Crippen LogP contribution in [-0.2, 0) is 4.74 Å². The van der Waals surface area contributed by atoms with Gasteiger partial charge in [0.1, 0.15) is 18.0 Å². The molecule has 5 nitrogen and oxygen atoms in total. The maximum Gasteiger partial charge on any atom is 0.137 e. The van der Waals surface area contributed by atoms with Crippen LogP contribution in [0.5, 0.6) is 0 Å². The van der Waals surface area contributed by atoms with Crippen molar-refractivity contribution in [2.75, 3.05) is 37.0 Å². The zero-order valence-electron chi connectivity index (χ0n) is 12.5. The molecule has 0 bridgehead atoms. The maximum absolute atomic E-state index is 5.77. The molecule has 19 heavy (non-hydrogen) atoms. The first-order valence-electron chi connectivity index (χ1n) is 6.86. The standard InChI is InChI=1S/C14H24N4O/c1-10(2)11-12(15-5)16-9-17-13(11)18-6-7-19-14(3,4)8-18/h9-10H,6-8H2,1-5H3,(H,15,16,17). The number of nitrogens with one attached hydrogen (secondary N) is 1. The molecule has 1 saturated heterocycles. The number of ether oxygens (including phenoxy) is 1. The zero-order valence-corrected chi connectivity index (χ0v) is 12.5. The Morgan fingerprint density at radius 3 is 2.68 bits per heavy atom. The minimum Gasteiger partial charge on any atom is -0.373 e. The molecule has 1 fully saturated rings. The van der Waals surface area contributed by atoms with Crippen molar-refractivity contribution >= 4 is 11.6 Å². The van der Waals surface area contributed by atoms with Crippen molar-refractivity contribution in [2.45, 2.75) is 39.2 Å². The van der Waals surface area contributed by atoms with Crippen molar-refractivity contribution in [3.8, 4) is 0 Å². The molecule has 5 heteroatoms. The lowest BCUT2D eigenvalue weighted by atomic mass is 10.0. The Hall–Kier alpha value is -1.36. The first-order valence-corrected chi connectivity index (χ1v) is 6.86.